The van der Waals surface area contributed by atoms with E-state index in [0.29, 0.717) is 11.5 Å². The average Bonchev–Trinajstić information content (AvgIpc) is 2.46. The quantitative estimate of drug-likeness (QED) is 0.778. The van der Waals surface area contributed by atoms with Gasteiger partial charge in [0.1, 0.15) is 0 Å². The molecular formula is C14H18BrNO3S. The van der Waals surface area contributed by atoms with Gasteiger partial charge in [-0.3, -0.25) is 4.79 Å². The number of sulfone groups is 1. The van der Waals surface area contributed by atoms with E-state index in [1.165, 1.54) is 12.1 Å². The number of hydrogen-bond acceptors (Lipinski definition) is 3. The van der Waals surface area contributed by atoms with Gasteiger partial charge < -0.3 is 4.90 Å². The Morgan fingerprint density at radius 1 is 1.25 bits per heavy atom. The Kier molecular flexibility index (Phi) is 4.86. The highest BCUT2D eigenvalue weighted by molar-refractivity contribution is 9.09. The molecule has 0 saturated carbocycles. The second-order valence-electron chi connectivity index (χ2n) is 5.19. The fraction of sp³-hybridized carbons (Fsp3) is 0.500. The van der Waals surface area contributed by atoms with Crippen molar-refractivity contribution in [2.75, 3.05) is 24.7 Å². The molecule has 1 amide bonds. The summed E-state index contributed by atoms with van der Waals surface area (Å²) in [6.07, 6.45) is 3.19. The lowest BCUT2D eigenvalue weighted by Gasteiger charge is -2.31. The van der Waals surface area contributed by atoms with E-state index in [1.807, 2.05) is 4.90 Å². The van der Waals surface area contributed by atoms with E-state index in [-0.39, 0.29) is 10.8 Å². The minimum Gasteiger partial charge on any atom is -0.339 e. The number of alkyl halides is 1. The summed E-state index contributed by atoms with van der Waals surface area (Å²) in [4.78, 5) is 14.4. The minimum absolute atomic E-state index is 0.0157. The second kappa shape index (κ2) is 6.26. The summed E-state index contributed by atoms with van der Waals surface area (Å²) in [6, 6.07) is 6.17. The van der Waals surface area contributed by atoms with E-state index in [0.717, 1.165) is 37.5 Å². The second-order valence-corrected chi connectivity index (χ2v) is 7.85. The molecule has 1 aromatic carbocycles. The number of amides is 1. The third-order valence-electron chi connectivity index (χ3n) is 3.65. The fourth-order valence-corrected chi connectivity index (χ4v) is 3.60. The molecule has 1 saturated heterocycles. The molecule has 1 heterocycles. The molecule has 4 nitrogen and oxygen atoms in total. The number of benzene rings is 1. The Morgan fingerprint density at radius 3 is 2.25 bits per heavy atom. The number of carbonyl (C=O) groups is 1. The molecule has 0 N–H and O–H groups in total. The summed E-state index contributed by atoms with van der Waals surface area (Å²) in [6.45, 7) is 1.53. The van der Waals surface area contributed by atoms with Crippen molar-refractivity contribution < 1.29 is 13.2 Å². The van der Waals surface area contributed by atoms with Gasteiger partial charge in [-0.05, 0) is 43.0 Å². The van der Waals surface area contributed by atoms with Gasteiger partial charge in [-0.25, -0.2) is 8.42 Å². The van der Waals surface area contributed by atoms with Crippen LogP contribution in [0.2, 0.25) is 0 Å². The third kappa shape index (κ3) is 3.61. The molecule has 0 bridgehead atoms. The van der Waals surface area contributed by atoms with Crippen molar-refractivity contribution in [2.24, 2.45) is 5.92 Å². The Morgan fingerprint density at radius 2 is 1.80 bits per heavy atom. The predicted molar refractivity (Wildman–Crippen MR) is 82.0 cm³/mol. The van der Waals surface area contributed by atoms with Crippen LogP contribution in [0, 0.1) is 5.92 Å². The fourth-order valence-electron chi connectivity index (χ4n) is 2.32. The third-order valence-corrected chi connectivity index (χ3v) is 5.69. The van der Waals surface area contributed by atoms with Gasteiger partial charge in [-0.15, -0.1) is 0 Å². The first-order valence-corrected chi connectivity index (χ1v) is 9.58. The van der Waals surface area contributed by atoms with Gasteiger partial charge in [-0.1, -0.05) is 15.9 Å². The summed E-state index contributed by atoms with van der Waals surface area (Å²) in [5.74, 6) is 0.629. The Balaban J connectivity index is 2.07. The zero-order valence-electron chi connectivity index (χ0n) is 11.4. The molecule has 0 aliphatic carbocycles. The highest BCUT2D eigenvalue weighted by Gasteiger charge is 2.23. The summed E-state index contributed by atoms with van der Waals surface area (Å²) >= 11 is 3.48. The largest absolute Gasteiger partial charge is 0.339 e. The van der Waals surface area contributed by atoms with Crippen LogP contribution in [0.25, 0.3) is 0 Å². The lowest BCUT2D eigenvalue weighted by Crippen LogP contribution is -2.38. The average molecular weight is 360 g/mol. The molecule has 0 radical (unpaired) electrons. The maximum absolute atomic E-state index is 12.3. The lowest BCUT2D eigenvalue weighted by molar-refractivity contribution is 0.0699. The van der Waals surface area contributed by atoms with Crippen LogP contribution < -0.4 is 0 Å². The number of halogens is 1. The van der Waals surface area contributed by atoms with E-state index in [4.69, 9.17) is 0 Å². The molecule has 6 heteroatoms. The maximum Gasteiger partial charge on any atom is 0.253 e. The van der Waals surface area contributed by atoms with Gasteiger partial charge in [0, 0.05) is 30.2 Å². The molecule has 0 atom stereocenters. The van der Waals surface area contributed by atoms with Crippen LogP contribution in [-0.4, -0.2) is 43.9 Å². The van der Waals surface area contributed by atoms with Gasteiger partial charge in [-0.2, -0.15) is 0 Å². The Labute approximate surface area is 128 Å². The normalized spacial score (nSPS) is 17.2. The summed E-state index contributed by atoms with van der Waals surface area (Å²) in [5, 5.41) is 0.984. The first-order valence-electron chi connectivity index (χ1n) is 6.57. The van der Waals surface area contributed by atoms with Crippen LogP contribution in [-0.2, 0) is 9.84 Å². The SMILES string of the molecule is CS(=O)(=O)c1ccc(C(=O)N2CCC(CBr)CC2)cc1. The topological polar surface area (TPSA) is 54.5 Å². The van der Waals surface area contributed by atoms with E-state index in [1.54, 1.807) is 12.1 Å². The first kappa shape index (κ1) is 15.5. The van der Waals surface area contributed by atoms with Crippen LogP contribution in [0.4, 0.5) is 0 Å². The first-order chi connectivity index (χ1) is 9.41. The highest BCUT2D eigenvalue weighted by Crippen LogP contribution is 2.21. The lowest BCUT2D eigenvalue weighted by atomic mass is 9.98. The Bertz CT molecular complexity index is 575. The van der Waals surface area contributed by atoms with Crippen molar-refractivity contribution in [3.05, 3.63) is 29.8 Å². The standard InChI is InChI=1S/C14H18BrNO3S/c1-20(18,19)13-4-2-12(3-5-13)14(17)16-8-6-11(10-15)7-9-16/h2-5,11H,6-10H2,1H3. The highest BCUT2D eigenvalue weighted by atomic mass is 79.9. The zero-order chi connectivity index (χ0) is 14.8. The van der Waals surface area contributed by atoms with Crippen molar-refractivity contribution in [2.45, 2.75) is 17.7 Å². The molecule has 110 valence electrons. The monoisotopic (exact) mass is 359 g/mol. The predicted octanol–water partition coefficient (Wildman–Crippen LogP) is 2.34. The van der Waals surface area contributed by atoms with Crippen molar-refractivity contribution in [1.29, 1.82) is 0 Å². The molecule has 1 fully saturated rings. The van der Waals surface area contributed by atoms with Crippen LogP contribution in [0.3, 0.4) is 0 Å². The van der Waals surface area contributed by atoms with E-state index >= 15 is 0 Å². The number of hydrogen-bond donors (Lipinski definition) is 0. The number of likely N-dealkylation sites (tertiary alicyclic amines) is 1. The summed E-state index contributed by atoms with van der Waals surface area (Å²) < 4.78 is 22.8. The molecule has 20 heavy (non-hydrogen) atoms. The van der Waals surface area contributed by atoms with E-state index in [2.05, 4.69) is 15.9 Å². The van der Waals surface area contributed by atoms with Gasteiger partial charge in [0.15, 0.2) is 9.84 Å². The van der Waals surface area contributed by atoms with E-state index in [9.17, 15) is 13.2 Å². The number of piperidine rings is 1. The molecule has 1 aromatic rings. The zero-order valence-corrected chi connectivity index (χ0v) is 13.8. The maximum atomic E-state index is 12.3. The molecule has 1 aliphatic rings. The molecule has 0 aromatic heterocycles. The van der Waals surface area contributed by atoms with Crippen LogP contribution in [0.5, 0.6) is 0 Å². The van der Waals surface area contributed by atoms with Gasteiger partial charge >= 0.3 is 0 Å². The van der Waals surface area contributed by atoms with Crippen molar-refractivity contribution in [3.63, 3.8) is 0 Å². The molecule has 2 rings (SSSR count). The smallest absolute Gasteiger partial charge is 0.253 e. The summed E-state index contributed by atoms with van der Waals surface area (Å²) in [5.41, 5.74) is 0.551. The Hall–Kier alpha value is -0.880. The molecule has 1 aliphatic heterocycles. The van der Waals surface area contributed by atoms with Crippen molar-refractivity contribution in [1.82, 2.24) is 4.90 Å². The van der Waals surface area contributed by atoms with Crippen LogP contribution >= 0.6 is 15.9 Å². The van der Waals surface area contributed by atoms with Crippen molar-refractivity contribution in [3.8, 4) is 0 Å². The number of nitrogens with zero attached hydrogens (tertiary/aromatic N) is 1. The molecule has 0 unspecified atom stereocenters. The van der Waals surface area contributed by atoms with Gasteiger partial charge in [0.2, 0.25) is 0 Å². The van der Waals surface area contributed by atoms with Crippen LogP contribution in [0.1, 0.15) is 23.2 Å². The van der Waals surface area contributed by atoms with E-state index < -0.39 is 9.84 Å². The minimum atomic E-state index is -3.21. The van der Waals surface area contributed by atoms with Crippen LogP contribution in [0.15, 0.2) is 29.2 Å². The molecular weight excluding hydrogens is 342 g/mol. The van der Waals surface area contributed by atoms with Gasteiger partial charge in [0.25, 0.3) is 5.91 Å². The number of carbonyl (C=O) groups excluding carboxylic acids is 1. The van der Waals surface area contributed by atoms with Crippen molar-refractivity contribution >= 4 is 31.7 Å². The number of rotatable bonds is 3. The van der Waals surface area contributed by atoms with Gasteiger partial charge in [0.05, 0.1) is 4.90 Å². The summed E-state index contributed by atoms with van der Waals surface area (Å²) in [7, 11) is -3.21. The molecule has 0 spiro atoms.